The van der Waals surface area contributed by atoms with E-state index < -0.39 is 5.60 Å². The van der Waals surface area contributed by atoms with Crippen molar-refractivity contribution >= 4 is 0 Å². The monoisotopic (exact) mass is 320 g/mol. The van der Waals surface area contributed by atoms with Crippen molar-refractivity contribution in [2.24, 2.45) is 5.92 Å². The van der Waals surface area contributed by atoms with Crippen molar-refractivity contribution < 1.29 is 9.84 Å². The van der Waals surface area contributed by atoms with Crippen LogP contribution in [0.1, 0.15) is 72.6 Å². The Kier molecular flexibility index (Phi) is 8.28. The molecule has 23 heavy (non-hydrogen) atoms. The first-order valence-corrected chi connectivity index (χ1v) is 8.98. The number of aliphatic hydroxyl groups is 1. The van der Waals surface area contributed by atoms with Gasteiger partial charge in [-0.25, -0.2) is 0 Å². The molecule has 0 radical (unpaired) electrons. The number of methoxy groups -OCH3 is 1. The van der Waals surface area contributed by atoms with Gasteiger partial charge in [0.05, 0.1) is 11.7 Å². The first-order valence-electron chi connectivity index (χ1n) is 8.98. The molecule has 0 amide bonds. The van der Waals surface area contributed by atoms with Crippen LogP contribution in [0.3, 0.4) is 0 Å². The minimum atomic E-state index is -0.797. The van der Waals surface area contributed by atoms with Gasteiger partial charge in [0.1, 0.15) is 0 Å². The third-order valence-electron chi connectivity index (χ3n) is 5.24. The van der Waals surface area contributed by atoms with Crippen LogP contribution in [0.15, 0.2) is 35.5 Å². The summed E-state index contributed by atoms with van der Waals surface area (Å²) in [7, 11) is 1.71. The molecule has 0 aliphatic heterocycles. The fourth-order valence-corrected chi connectivity index (χ4v) is 3.35. The van der Waals surface area contributed by atoms with Gasteiger partial charge in [-0.2, -0.15) is 0 Å². The summed E-state index contributed by atoms with van der Waals surface area (Å²) in [5.41, 5.74) is 3.27. The maximum absolute atomic E-state index is 10.9. The maximum Gasteiger partial charge on any atom is 0.0883 e. The van der Waals surface area contributed by atoms with Gasteiger partial charge in [0.15, 0.2) is 0 Å². The van der Waals surface area contributed by atoms with Crippen molar-refractivity contribution in [3.63, 3.8) is 0 Å². The molecule has 0 bridgehead atoms. The normalized spacial score (nSPS) is 36.3. The van der Waals surface area contributed by atoms with Gasteiger partial charge in [-0.05, 0) is 78.6 Å². The second kappa shape index (κ2) is 9.44. The predicted molar refractivity (Wildman–Crippen MR) is 99.6 cm³/mol. The zero-order valence-electron chi connectivity index (χ0n) is 15.8. The second-order valence-corrected chi connectivity index (χ2v) is 7.58. The molecule has 3 atom stereocenters. The molecular weight excluding hydrogens is 284 g/mol. The third kappa shape index (κ3) is 7.05. The van der Waals surface area contributed by atoms with Gasteiger partial charge >= 0.3 is 0 Å². The lowest BCUT2D eigenvalue weighted by atomic mass is 9.82. The minimum absolute atomic E-state index is 0.148. The van der Waals surface area contributed by atoms with Gasteiger partial charge in [0.2, 0.25) is 0 Å². The third-order valence-corrected chi connectivity index (χ3v) is 5.24. The van der Waals surface area contributed by atoms with Crippen LogP contribution in [-0.2, 0) is 4.74 Å². The number of hydrogen-bond acceptors (Lipinski definition) is 2. The molecular formula is C21H36O2. The van der Waals surface area contributed by atoms with Crippen LogP contribution in [0.4, 0.5) is 0 Å². The molecule has 0 heterocycles. The topological polar surface area (TPSA) is 29.5 Å². The summed E-state index contributed by atoms with van der Waals surface area (Å²) < 4.78 is 5.67. The van der Waals surface area contributed by atoms with Gasteiger partial charge in [-0.3, -0.25) is 0 Å². The standard InChI is InChI=1S/C21H36O2/c1-16(2)19-13-12-18(4)10-7-9-17(3)11-8-14-21(5,22)20(15-19)23-6/h10-11,19-20,22H,1,7-9,12-15H2,2-6H3/b17-11+,18-10+/t19-,20-,21?/m1/s1. The van der Waals surface area contributed by atoms with E-state index in [1.807, 2.05) is 6.92 Å². The maximum atomic E-state index is 10.9. The van der Waals surface area contributed by atoms with E-state index in [0.29, 0.717) is 5.92 Å². The van der Waals surface area contributed by atoms with Gasteiger partial charge < -0.3 is 9.84 Å². The minimum Gasteiger partial charge on any atom is -0.387 e. The zero-order chi connectivity index (χ0) is 17.5. The molecule has 0 aromatic heterocycles. The molecule has 2 nitrogen and oxygen atoms in total. The van der Waals surface area contributed by atoms with Crippen LogP contribution in [0.2, 0.25) is 0 Å². The van der Waals surface area contributed by atoms with Crippen LogP contribution in [-0.4, -0.2) is 23.9 Å². The molecule has 1 N–H and O–H groups in total. The summed E-state index contributed by atoms with van der Waals surface area (Å²) in [5, 5.41) is 10.9. The number of rotatable bonds is 2. The van der Waals surface area contributed by atoms with Crippen molar-refractivity contribution in [1.29, 1.82) is 0 Å². The molecule has 1 aliphatic carbocycles. The van der Waals surface area contributed by atoms with E-state index in [1.54, 1.807) is 7.11 Å². The summed E-state index contributed by atoms with van der Waals surface area (Å²) in [4.78, 5) is 0. The first kappa shape index (κ1) is 20.2. The summed E-state index contributed by atoms with van der Waals surface area (Å²) in [6, 6.07) is 0. The van der Waals surface area contributed by atoms with Crippen molar-refractivity contribution in [3.8, 4) is 0 Å². The fourth-order valence-electron chi connectivity index (χ4n) is 3.35. The molecule has 1 aliphatic rings. The molecule has 1 rings (SSSR count). The lowest BCUT2D eigenvalue weighted by Crippen LogP contribution is -2.42. The SMILES string of the molecule is C=C(C)[C@@H]1CC/C(C)=C/CC/C(C)=C/CCC(C)(O)[C@H](OC)C1. The predicted octanol–water partition coefficient (Wildman–Crippen LogP) is 5.58. The molecule has 0 aromatic rings. The first-order chi connectivity index (χ1) is 10.8. The Hall–Kier alpha value is -0.860. The van der Waals surface area contributed by atoms with Crippen molar-refractivity contribution in [2.45, 2.75) is 84.3 Å². The van der Waals surface area contributed by atoms with Crippen LogP contribution in [0, 0.1) is 5.92 Å². The van der Waals surface area contributed by atoms with Crippen LogP contribution < -0.4 is 0 Å². The molecule has 132 valence electrons. The van der Waals surface area contributed by atoms with Crippen LogP contribution in [0.5, 0.6) is 0 Å². The van der Waals surface area contributed by atoms with E-state index in [1.165, 1.54) is 16.7 Å². The van der Waals surface area contributed by atoms with Gasteiger partial charge in [-0.15, -0.1) is 0 Å². The van der Waals surface area contributed by atoms with Gasteiger partial charge in [0.25, 0.3) is 0 Å². The van der Waals surface area contributed by atoms with Gasteiger partial charge in [-0.1, -0.05) is 35.5 Å². The van der Waals surface area contributed by atoms with Crippen molar-refractivity contribution in [3.05, 3.63) is 35.5 Å². The second-order valence-electron chi connectivity index (χ2n) is 7.58. The average molecular weight is 321 g/mol. The summed E-state index contributed by atoms with van der Waals surface area (Å²) >= 11 is 0. The quantitative estimate of drug-likeness (QED) is 0.673. The zero-order valence-corrected chi connectivity index (χ0v) is 15.8. The molecule has 0 fully saturated rings. The highest BCUT2D eigenvalue weighted by molar-refractivity contribution is 5.07. The van der Waals surface area contributed by atoms with Crippen LogP contribution >= 0.6 is 0 Å². The van der Waals surface area contributed by atoms with E-state index in [-0.39, 0.29) is 6.10 Å². The van der Waals surface area contributed by atoms with Crippen LogP contribution in [0.25, 0.3) is 0 Å². The summed E-state index contributed by atoms with van der Waals surface area (Å²) in [5.74, 6) is 0.398. The molecule has 0 spiro atoms. The van der Waals surface area contributed by atoms with Crippen molar-refractivity contribution in [2.75, 3.05) is 7.11 Å². The highest BCUT2D eigenvalue weighted by Crippen LogP contribution is 2.31. The van der Waals surface area contributed by atoms with Gasteiger partial charge in [0, 0.05) is 7.11 Å². The number of ether oxygens (including phenoxy) is 1. The highest BCUT2D eigenvalue weighted by atomic mass is 16.5. The molecule has 2 heteroatoms. The van der Waals surface area contributed by atoms with E-state index in [0.717, 1.165) is 44.9 Å². The molecule has 0 saturated carbocycles. The number of hydrogen-bond donors (Lipinski definition) is 1. The Bertz CT molecular complexity index is 443. The van der Waals surface area contributed by atoms with Crippen molar-refractivity contribution in [1.82, 2.24) is 0 Å². The van der Waals surface area contributed by atoms with E-state index in [9.17, 15) is 5.11 Å². The number of allylic oxidation sites excluding steroid dienone is 5. The lowest BCUT2D eigenvalue weighted by molar-refractivity contribution is -0.0935. The largest absolute Gasteiger partial charge is 0.387 e. The highest BCUT2D eigenvalue weighted by Gasteiger charge is 2.33. The smallest absolute Gasteiger partial charge is 0.0883 e. The molecule has 0 aromatic carbocycles. The van der Waals surface area contributed by atoms with E-state index in [4.69, 9.17) is 4.74 Å². The Morgan fingerprint density at radius 1 is 1.22 bits per heavy atom. The van der Waals surface area contributed by atoms with E-state index >= 15 is 0 Å². The summed E-state index contributed by atoms with van der Waals surface area (Å²) in [6.07, 6.45) is 11.4. The van der Waals surface area contributed by atoms with E-state index in [2.05, 4.69) is 39.5 Å². The summed E-state index contributed by atoms with van der Waals surface area (Å²) in [6.45, 7) is 12.6. The Morgan fingerprint density at radius 2 is 1.83 bits per heavy atom. The average Bonchev–Trinajstić information content (AvgIpc) is 2.45. The lowest BCUT2D eigenvalue weighted by Gasteiger charge is -2.34. The Balaban J connectivity index is 2.96. The molecule has 0 saturated heterocycles. The Labute approximate surface area is 143 Å². The Morgan fingerprint density at radius 3 is 2.43 bits per heavy atom. The fraction of sp³-hybridized carbons (Fsp3) is 0.714. The molecule has 1 unspecified atom stereocenters.